The summed E-state index contributed by atoms with van der Waals surface area (Å²) in [6, 6.07) is 15.1. The molecule has 1 atom stereocenters. The largest absolute Gasteiger partial charge is 0.368 e. The van der Waals surface area contributed by atoms with Crippen LogP contribution in [0.15, 0.2) is 59.5 Å². The maximum Gasteiger partial charge on any atom is 0.264 e. The molecule has 1 aliphatic rings. The molecule has 0 saturated carbocycles. The third-order valence-electron chi connectivity index (χ3n) is 4.10. The number of hydrogen-bond donors (Lipinski definition) is 1. The summed E-state index contributed by atoms with van der Waals surface area (Å²) in [5.74, 6) is -0.247. The van der Waals surface area contributed by atoms with Crippen molar-refractivity contribution >= 4 is 27.3 Å². The molecule has 7 heteroatoms. The second-order valence-corrected chi connectivity index (χ2v) is 7.80. The molecule has 1 amide bonds. The fourth-order valence-corrected chi connectivity index (χ4v) is 3.92. The highest BCUT2D eigenvalue weighted by atomic mass is 32.2. The summed E-state index contributed by atoms with van der Waals surface area (Å²) < 4.78 is 32.2. The van der Waals surface area contributed by atoms with Crippen LogP contribution in [0.1, 0.15) is 12.8 Å². The highest BCUT2D eigenvalue weighted by Gasteiger charge is 2.25. The van der Waals surface area contributed by atoms with Crippen LogP contribution in [0.4, 0.5) is 11.4 Å². The Labute approximate surface area is 147 Å². The SMILES string of the molecule is CN(c1ccccc1)S(=O)(=O)c1cccc(NC(=O)[C@@H]2CCCO2)c1. The molecule has 0 aromatic heterocycles. The van der Waals surface area contributed by atoms with Gasteiger partial charge in [0.1, 0.15) is 6.10 Å². The van der Waals surface area contributed by atoms with Crippen LogP contribution in [0, 0.1) is 0 Å². The predicted molar refractivity (Wildman–Crippen MR) is 96.1 cm³/mol. The van der Waals surface area contributed by atoms with Gasteiger partial charge in [-0.3, -0.25) is 9.10 Å². The fourth-order valence-electron chi connectivity index (χ4n) is 2.68. The molecular formula is C18H20N2O4S. The molecule has 1 saturated heterocycles. The predicted octanol–water partition coefficient (Wildman–Crippen LogP) is 2.63. The van der Waals surface area contributed by atoms with Gasteiger partial charge in [-0.15, -0.1) is 0 Å². The zero-order chi connectivity index (χ0) is 17.9. The van der Waals surface area contributed by atoms with E-state index in [9.17, 15) is 13.2 Å². The summed E-state index contributed by atoms with van der Waals surface area (Å²) in [6.07, 6.45) is 1.07. The monoisotopic (exact) mass is 360 g/mol. The lowest BCUT2D eigenvalue weighted by atomic mass is 10.2. The van der Waals surface area contributed by atoms with E-state index in [1.54, 1.807) is 36.4 Å². The number of amides is 1. The van der Waals surface area contributed by atoms with Gasteiger partial charge < -0.3 is 10.1 Å². The number of para-hydroxylation sites is 1. The molecule has 0 aliphatic carbocycles. The summed E-state index contributed by atoms with van der Waals surface area (Å²) in [6.45, 7) is 0.578. The van der Waals surface area contributed by atoms with Crippen LogP contribution in [0.3, 0.4) is 0 Å². The molecular weight excluding hydrogens is 340 g/mol. The van der Waals surface area contributed by atoms with Crippen LogP contribution in [-0.2, 0) is 19.6 Å². The molecule has 1 heterocycles. The average Bonchev–Trinajstić information content (AvgIpc) is 3.17. The molecule has 6 nitrogen and oxygen atoms in total. The second kappa shape index (κ2) is 7.25. The number of rotatable bonds is 5. The minimum absolute atomic E-state index is 0.115. The summed E-state index contributed by atoms with van der Waals surface area (Å²) in [4.78, 5) is 12.2. The first-order chi connectivity index (χ1) is 12.0. The van der Waals surface area contributed by atoms with E-state index in [0.29, 0.717) is 24.4 Å². The van der Waals surface area contributed by atoms with Gasteiger partial charge in [0.05, 0.1) is 10.6 Å². The first-order valence-electron chi connectivity index (χ1n) is 8.05. The maximum atomic E-state index is 12.8. The first-order valence-corrected chi connectivity index (χ1v) is 9.49. The summed E-state index contributed by atoms with van der Waals surface area (Å²) >= 11 is 0. The number of hydrogen-bond acceptors (Lipinski definition) is 4. The van der Waals surface area contributed by atoms with E-state index in [0.717, 1.165) is 6.42 Å². The number of carbonyl (C=O) groups excluding carboxylic acids is 1. The van der Waals surface area contributed by atoms with E-state index in [2.05, 4.69) is 5.32 Å². The van der Waals surface area contributed by atoms with E-state index < -0.39 is 16.1 Å². The lowest BCUT2D eigenvalue weighted by molar-refractivity contribution is -0.124. The Morgan fingerprint density at radius 1 is 1.16 bits per heavy atom. The lowest BCUT2D eigenvalue weighted by Gasteiger charge is -2.20. The van der Waals surface area contributed by atoms with Crippen LogP contribution in [0.25, 0.3) is 0 Å². The van der Waals surface area contributed by atoms with Crippen molar-refractivity contribution in [3.05, 3.63) is 54.6 Å². The third kappa shape index (κ3) is 3.83. The maximum absolute atomic E-state index is 12.8. The quantitative estimate of drug-likeness (QED) is 0.889. The van der Waals surface area contributed by atoms with Crippen molar-refractivity contribution in [3.63, 3.8) is 0 Å². The number of nitrogens with one attached hydrogen (secondary N) is 1. The summed E-state index contributed by atoms with van der Waals surface area (Å²) in [5, 5.41) is 2.73. The van der Waals surface area contributed by atoms with Gasteiger partial charge in [0, 0.05) is 19.3 Å². The molecule has 0 radical (unpaired) electrons. The Balaban J connectivity index is 1.81. The number of anilines is 2. The summed E-state index contributed by atoms with van der Waals surface area (Å²) in [7, 11) is -2.22. The van der Waals surface area contributed by atoms with Gasteiger partial charge in [-0.25, -0.2) is 8.42 Å². The Morgan fingerprint density at radius 2 is 1.92 bits per heavy atom. The van der Waals surface area contributed by atoms with E-state index in [4.69, 9.17) is 4.74 Å². The molecule has 0 spiro atoms. The van der Waals surface area contributed by atoms with Gasteiger partial charge >= 0.3 is 0 Å². The third-order valence-corrected chi connectivity index (χ3v) is 5.88. The average molecular weight is 360 g/mol. The number of ether oxygens (including phenoxy) is 1. The lowest BCUT2D eigenvalue weighted by Crippen LogP contribution is -2.28. The molecule has 0 bridgehead atoms. The molecule has 25 heavy (non-hydrogen) atoms. The van der Waals surface area contributed by atoms with Crippen molar-refractivity contribution in [3.8, 4) is 0 Å². The molecule has 2 aromatic rings. The van der Waals surface area contributed by atoms with Gasteiger partial charge in [-0.2, -0.15) is 0 Å². The zero-order valence-corrected chi connectivity index (χ0v) is 14.7. The van der Waals surface area contributed by atoms with E-state index >= 15 is 0 Å². The van der Waals surface area contributed by atoms with Crippen molar-refractivity contribution in [2.45, 2.75) is 23.8 Å². The van der Waals surface area contributed by atoms with E-state index in [-0.39, 0.29) is 10.8 Å². The molecule has 1 aliphatic heterocycles. The second-order valence-electron chi connectivity index (χ2n) is 5.83. The van der Waals surface area contributed by atoms with Crippen LogP contribution < -0.4 is 9.62 Å². The first kappa shape index (κ1) is 17.4. The normalized spacial score (nSPS) is 17.2. The van der Waals surface area contributed by atoms with E-state index in [1.165, 1.54) is 23.5 Å². The van der Waals surface area contributed by atoms with Gasteiger partial charge in [0.15, 0.2) is 0 Å². The molecule has 2 aromatic carbocycles. The smallest absolute Gasteiger partial charge is 0.264 e. The minimum Gasteiger partial charge on any atom is -0.368 e. The van der Waals surface area contributed by atoms with Gasteiger partial charge in [-0.05, 0) is 43.2 Å². The molecule has 0 unspecified atom stereocenters. The number of nitrogens with zero attached hydrogens (tertiary/aromatic N) is 1. The molecule has 3 rings (SSSR count). The highest BCUT2D eigenvalue weighted by molar-refractivity contribution is 7.92. The standard InChI is InChI=1S/C18H20N2O4S/c1-20(15-8-3-2-4-9-15)25(22,23)16-10-5-7-14(13-16)19-18(21)17-11-6-12-24-17/h2-5,7-10,13,17H,6,11-12H2,1H3,(H,19,21)/t17-/m0/s1. The number of sulfonamides is 1. The Kier molecular flexibility index (Phi) is 5.06. The number of carbonyl (C=O) groups is 1. The minimum atomic E-state index is -3.72. The van der Waals surface area contributed by atoms with E-state index in [1.807, 2.05) is 6.07 Å². The van der Waals surface area contributed by atoms with Gasteiger partial charge in [0.25, 0.3) is 15.9 Å². The summed E-state index contributed by atoms with van der Waals surface area (Å²) in [5.41, 5.74) is 0.999. The molecule has 1 N–H and O–H groups in total. The van der Waals surface area contributed by atoms with Gasteiger partial charge in [0.2, 0.25) is 0 Å². The van der Waals surface area contributed by atoms with Crippen molar-refractivity contribution < 1.29 is 17.9 Å². The van der Waals surface area contributed by atoms with Crippen molar-refractivity contribution in [1.29, 1.82) is 0 Å². The Hall–Kier alpha value is -2.38. The highest BCUT2D eigenvalue weighted by Crippen LogP contribution is 2.24. The van der Waals surface area contributed by atoms with Crippen LogP contribution >= 0.6 is 0 Å². The van der Waals surface area contributed by atoms with Crippen molar-refractivity contribution in [1.82, 2.24) is 0 Å². The fraction of sp³-hybridized carbons (Fsp3) is 0.278. The Bertz CT molecular complexity index is 846. The van der Waals surface area contributed by atoms with Crippen LogP contribution in [0.5, 0.6) is 0 Å². The van der Waals surface area contributed by atoms with Crippen LogP contribution in [0.2, 0.25) is 0 Å². The van der Waals surface area contributed by atoms with Crippen molar-refractivity contribution in [2.75, 3.05) is 23.3 Å². The van der Waals surface area contributed by atoms with Gasteiger partial charge in [-0.1, -0.05) is 24.3 Å². The van der Waals surface area contributed by atoms with Crippen LogP contribution in [-0.4, -0.2) is 34.1 Å². The Morgan fingerprint density at radius 3 is 2.60 bits per heavy atom. The zero-order valence-electron chi connectivity index (χ0n) is 13.9. The molecule has 132 valence electrons. The topological polar surface area (TPSA) is 75.7 Å². The molecule has 1 fully saturated rings. The van der Waals surface area contributed by atoms with Crippen molar-refractivity contribution in [2.24, 2.45) is 0 Å². The number of benzene rings is 2.